The SMILES string of the molecule is CCC(=O)N1CCc2cc(Br)cc(N)c21. The number of carbonyl (C=O) groups excluding carboxylic acids is 1. The Kier molecular flexibility index (Phi) is 2.69. The van der Waals surface area contributed by atoms with Crippen molar-refractivity contribution in [2.24, 2.45) is 0 Å². The molecule has 15 heavy (non-hydrogen) atoms. The van der Waals surface area contributed by atoms with Crippen molar-refractivity contribution in [3.8, 4) is 0 Å². The Morgan fingerprint density at radius 1 is 1.60 bits per heavy atom. The van der Waals surface area contributed by atoms with E-state index >= 15 is 0 Å². The van der Waals surface area contributed by atoms with Crippen LogP contribution in [0.2, 0.25) is 0 Å². The zero-order valence-electron chi connectivity index (χ0n) is 8.59. The third-order valence-electron chi connectivity index (χ3n) is 2.66. The third-order valence-corrected chi connectivity index (χ3v) is 3.12. The lowest BCUT2D eigenvalue weighted by molar-refractivity contribution is -0.118. The minimum Gasteiger partial charge on any atom is -0.397 e. The second-order valence-electron chi connectivity index (χ2n) is 3.65. The molecule has 1 amide bonds. The summed E-state index contributed by atoms with van der Waals surface area (Å²) >= 11 is 3.41. The summed E-state index contributed by atoms with van der Waals surface area (Å²) in [6.45, 7) is 2.62. The van der Waals surface area contributed by atoms with Gasteiger partial charge in [-0.25, -0.2) is 0 Å². The highest BCUT2D eigenvalue weighted by Crippen LogP contribution is 2.36. The Bertz CT molecular complexity index is 417. The molecule has 1 aliphatic rings. The van der Waals surface area contributed by atoms with Crippen molar-refractivity contribution in [2.75, 3.05) is 17.2 Å². The van der Waals surface area contributed by atoms with Gasteiger partial charge in [-0.15, -0.1) is 0 Å². The fourth-order valence-corrected chi connectivity index (χ4v) is 2.51. The summed E-state index contributed by atoms with van der Waals surface area (Å²) in [5.41, 5.74) is 8.67. The lowest BCUT2D eigenvalue weighted by Gasteiger charge is -2.18. The van der Waals surface area contributed by atoms with Crippen molar-refractivity contribution in [2.45, 2.75) is 19.8 Å². The molecule has 0 radical (unpaired) electrons. The summed E-state index contributed by atoms with van der Waals surface area (Å²) in [6.07, 6.45) is 1.42. The number of amides is 1. The van der Waals surface area contributed by atoms with Crippen LogP contribution in [-0.2, 0) is 11.2 Å². The average Bonchev–Trinajstić information content (AvgIpc) is 2.60. The van der Waals surface area contributed by atoms with Gasteiger partial charge in [0.1, 0.15) is 0 Å². The molecule has 2 N–H and O–H groups in total. The number of fused-ring (bicyclic) bond motifs is 1. The third kappa shape index (κ3) is 1.74. The molecule has 0 spiro atoms. The number of hydrogen-bond acceptors (Lipinski definition) is 2. The monoisotopic (exact) mass is 268 g/mol. The maximum atomic E-state index is 11.7. The molecule has 1 aromatic carbocycles. The molecule has 0 unspecified atom stereocenters. The zero-order chi connectivity index (χ0) is 11.0. The van der Waals surface area contributed by atoms with E-state index in [2.05, 4.69) is 15.9 Å². The van der Waals surface area contributed by atoms with Crippen LogP contribution in [0, 0.1) is 0 Å². The average molecular weight is 269 g/mol. The molecule has 0 bridgehead atoms. The molecule has 0 aliphatic carbocycles. The van der Waals surface area contributed by atoms with Gasteiger partial charge in [-0.1, -0.05) is 22.9 Å². The van der Waals surface area contributed by atoms with Crippen LogP contribution in [0.1, 0.15) is 18.9 Å². The van der Waals surface area contributed by atoms with Crippen molar-refractivity contribution in [1.29, 1.82) is 0 Å². The molecule has 2 rings (SSSR count). The second-order valence-corrected chi connectivity index (χ2v) is 4.57. The summed E-state index contributed by atoms with van der Waals surface area (Å²) in [5.74, 6) is 0.141. The van der Waals surface area contributed by atoms with Crippen LogP contribution in [0.4, 0.5) is 11.4 Å². The normalized spacial score (nSPS) is 14.1. The minimum atomic E-state index is 0.141. The fraction of sp³-hybridized carbons (Fsp3) is 0.364. The summed E-state index contributed by atoms with van der Waals surface area (Å²) in [4.78, 5) is 13.5. The molecular formula is C11H13BrN2O. The molecule has 80 valence electrons. The van der Waals surface area contributed by atoms with Crippen molar-refractivity contribution in [3.05, 3.63) is 22.2 Å². The smallest absolute Gasteiger partial charge is 0.226 e. The van der Waals surface area contributed by atoms with Gasteiger partial charge in [0.25, 0.3) is 0 Å². The van der Waals surface area contributed by atoms with Gasteiger partial charge in [-0.3, -0.25) is 4.79 Å². The highest BCUT2D eigenvalue weighted by atomic mass is 79.9. The van der Waals surface area contributed by atoms with Crippen LogP contribution >= 0.6 is 15.9 Å². The first-order valence-electron chi connectivity index (χ1n) is 5.01. The maximum absolute atomic E-state index is 11.7. The summed E-state index contributed by atoms with van der Waals surface area (Å²) in [6, 6.07) is 3.88. The van der Waals surface area contributed by atoms with Crippen molar-refractivity contribution < 1.29 is 4.79 Å². The van der Waals surface area contributed by atoms with Gasteiger partial charge >= 0.3 is 0 Å². The number of hydrogen-bond donors (Lipinski definition) is 1. The van der Waals surface area contributed by atoms with Crippen molar-refractivity contribution in [3.63, 3.8) is 0 Å². The molecule has 0 aromatic heterocycles. The van der Waals surface area contributed by atoms with Crippen LogP contribution in [0.25, 0.3) is 0 Å². The molecule has 0 saturated heterocycles. The lowest BCUT2D eigenvalue weighted by Crippen LogP contribution is -2.28. The fourth-order valence-electron chi connectivity index (χ4n) is 1.98. The Morgan fingerprint density at radius 3 is 3.00 bits per heavy atom. The number of nitrogens with two attached hydrogens (primary N) is 1. The summed E-state index contributed by atoms with van der Waals surface area (Å²) in [7, 11) is 0. The van der Waals surface area contributed by atoms with Gasteiger partial charge in [0.05, 0.1) is 11.4 Å². The Balaban J connectivity index is 2.46. The number of nitrogen functional groups attached to an aromatic ring is 1. The van der Waals surface area contributed by atoms with Gasteiger partial charge in [-0.05, 0) is 24.1 Å². The van der Waals surface area contributed by atoms with Gasteiger partial charge in [-0.2, -0.15) is 0 Å². The van der Waals surface area contributed by atoms with Crippen molar-refractivity contribution in [1.82, 2.24) is 0 Å². The Hall–Kier alpha value is -1.03. The highest BCUT2D eigenvalue weighted by Gasteiger charge is 2.25. The molecule has 0 fully saturated rings. The van der Waals surface area contributed by atoms with Crippen LogP contribution < -0.4 is 10.6 Å². The van der Waals surface area contributed by atoms with Crippen molar-refractivity contribution >= 4 is 33.2 Å². The number of benzene rings is 1. The lowest BCUT2D eigenvalue weighted by atomic mass is 10.1. The maximum Gasteiger partial charge on any atom is 0.226 e. The quantitative estimate of drug-likeness (QED) is 0.795. The van der Waals surface area contributed by atoms with E-state index in [1.165, 1.54) is 0 Å². The standard InChI is InChI=1S/C11H13BrN2O/c1-2-10(15)14-4-3-7-5-8(12)6-9(13)11(7)14/h5-6H,2-4,13H2,1H3. The molecule has 1 heterocycles. The van der Waals surface area contributed by atoms with E-state index in [4.69, 9.17) is 5.73 Å². The molecule has 3 nitrogen and oxygen atoms in total. The summed E-state index contributed by atoms with van der Waals surface area (Å²) < 4.78 is 0.976. The largest absolute Gasteiger partial charge is 0.397 e. The number of halogens is 1. The van der Waals surface area contributed by atoms with E-state index in [0.29, 0.717) is 12.1 Å². The van der Waals surface area contributed by atoms with E-state index in [1.807, 2.05) is 19.1 Å². The van der Waals surface area contributed by atoms with Gasteiger partial charge < -0.3 is 10.6 Å². The molecule has 4 heteroatoms. The van der Waals surface area contributed by atoms with Gasteiger partial charge in [0.15, 0.2) is 0 Å². The van der Waals surface area contributed by atoms with Gasteiger partial charge in [0.2, 0.25) is 5.91 Å². The van der Waals surface area contributed by atoms with E-state index in [1.54, 1.807) is 4.90 Å². The zero-order valence-corrected chi connectivity index (χ0v) is 10.2. The molecular weight excluding hydrogens is 256 g/mol. The van der Waals surface area contributed by atoms with E-state index in [-0.39, 0.29) is 5.91 Å². The van der Waals surface area contributed by atoms with Gasteiger partial charge in [0, 0.05) is 17.4 Å². The van der Waals surface area contributed by atoms with E-state index in [0.717, 1.165) is 28.7 Å². The molecule has 1 aromatic rings. The summed E-state index contributed by atoms with van der Waals surface area (Å²) in [5, 5.41) is 0. The Labute approximate surface area is 97.4 Å². The number of anilines is 2. The first-order valence-corrected chi connectivity index (χ1v) is 5.81. The van der Waals surface area contributed by atoms with Crippen LogP contribution in [-0.4, -0.2) is 12.5 Å². The van der Waals surface area contributed by atoms with E-state index < -0.39 is 0 Å². The number of rotatable bonds is 1. The first-order chi connectivity index (χ1) is 7.13. The van der Waals surface area contributed by atoms with E-state index in [9.17, 15) is 4.79 Å². The van der Waals surface area contributed by atoms with Crippen LogP contribution in [0.5, 0.6) is 0 Å². The molecule has 1 aliphatic heterocycles. The number of carbonyl (C=O) groups is 1. The Morgan fingerprint density at radius 2 is 2.33 bits per heavy atom. The van der Waals surface area contributed by atoms with Crippen LogP contribution in [0.3, 0.4) is 0 Å². The predicted octanol–water partition coefficient (Wildman–Crippen LogP) is 2.33. The number of nitrogens with zero attached hydrogens (tertiary/aromatic N) is 1. The second kappa shape index (κ2) is 3.85. The molecule has 0 saturated carbocycles. The minimum absolute atomic E-state index is 0.141. The predicted molar refractivity (Wildman–Crippen MR) is 64.9 cm³/mol. The highest BCUT2D eigenvalue weighted by molar-refractivity contribution is 9.10. The van der Waals surface area contributed by atoms with Crippen LogP contribution in [0.15, 0.2) is 16.6 Å². The molecule has 0 atom stereocenters. The first kappa shape index (κ1) is 10.5. The topological polar surface area (TPSA) is 46.3 Å².